The molecule has 5 atom stereocenters. The maximum absolute atomic E-state index is 13.3. The Labute approximate surface area is 260 Å². The van der Waals surface area contributed by atoms with Gasteiger partial charge in [-0.25, -0.2) is 4.79 Å². The summed E-state index contributed by atoms with van der Waals surface area (Å²) >= 11 is 0. The molecule has 0 saturated carbocycles. The zero-order valence-corrected chi connectivity index (χ0v) is 25.2. The minimum Gasteiger partial charge on any atom is -0.481 e. The molecule has 0 heterocycles. The first-order valence-corrected chi connectivity index (χ1v) is 14.5. The number of hydrogen-bond acceptors (Lipinski definition) is 9. The van der Waals surface area contributed by atoms with E-state index in [1.54, 1.807) is 30.3 Å². The van der Waals surface area contributed by atoms with Gasteiger partial charge in [-0.05, 0) is 51.1 Å². The van der Waals surface area contributed by atoms with Crippen LogP contribution in [0.5, 0.6) is 0 Å². The van der Waals surface area contributed by atoms with Gasteiger partial charge in [0.05, 0.1) is 12.5 Å². The van der Waals surface area contributed by atoms with Crippen LogP contribution >= 0.6 is 0 Å². The maximum Gasteiger partial charge on any atom is 0.326 e. The van der Waals surface area contributed by atoms with Crippen LogP contribution in [0.25, 0.3) is 0 Å². The van der Waals surface area contributed by atoms with Crippen LogP contribution in [-0.2, 0) is 35.2 Å². The van der Waals surface area contributed by atoms with E-state index in [4.69, 9.17) is 22.6 Å². The Bertz CT molecular complexity index is 1170. The van der Waals surface area contributed by atoms with Gasteiger partial charge in [0.2, 0.25) is 23.6 Å². The van der Waals surface area contributed by atoms with Crippen molar-refractivity contribution in [2.45, 2.75) is 82.1 Å². The second kappa shape index (κ2) is 20.2. The van der Waals surface area contributed by atoms with E-state index in [-0.39, 0.29) is 25.2 Å². The summed E-state index contributed by atoms with van der Waals surface area (Å²) in [5.41, 5.74) is 17.1. The van der Waals surface area contributed by atoms with E-state index in [0.717, 1.165) is 0 Å². The normalized spacial score (nSPS) is 14.0. The summed E-state index contributed by atoms with van der Waals surface area (Å²) in [6.45, 7) is 1.97. The number of benzene rings is 1. The molecule has 0 bridgehead atoms. The molecule has 0 radical (unpaired) electrons. The van der Waals surface area contributed by atoms with Crippen molar-refractivity contribution >= 4 is 41.5 Å². The molecule has 0 aliphatic rings. The summed E-state index contributed by atoms with van der Waals surface area (Å²) in [7, 11) is 0. The topological polar surface area (TPSA) is 305 Å². The fraction of sp³-hybridized carbons (Fsp3) is 0.536. The molecular formula is C28H45N9O8. The first-order chi connectivity index (χ1) is 21.2. The number of carbonyl (C=O) groups is 6. The number of carboxylic acids is 2. The van der Waals surface area contributed by atoms with Gasteiger partial charge in [0.15, 0.2) is 5.96 Å². The highest BCUT2D eigenvalue weighted by Crippen LogP contribution is 2.08. The SMILES string of the molecule is C[C@H](NC(=O)[C@@H](N)CCCNC(=N)N)C(=O)N[C@@H](CC(=O)O)C(=O)N[C@H](Cc1ccccc1)C(=O)N[C@@H](CCCCN)C(=O)O. The van der Waals surface area contributed by atoms with Crippen LogP contribution in [0, 0.1) is 5.41 Å². The number of carbonyl (C=O) groups excluding carboxylic acids is 4. The first kappa shape index (κ1) is 38.3. The van der Waals surface area contributed by atoms with E-state index in [2.05, 4.69) is 26.6 Å². The molecule has 1 aromatic rings. The summed E-state index contributed by atoms with van der Waals surface area (Å²) in [4.78, 5) is 75.1. The number of nitrogens with two attached hydrogens (primary N) is 3. The highest BCUT2D eigenvalue weighted by molar-refractivity contribution is 5.96. The quantitative estimate of drug-likeness (QED) is 0.0378. The fourth-order valence-electron chi connectivity index (χ4n) is 4.10. The van der Waals surface area contributed by atoms with E-state index in [1.807, 2.05) is 0 Å². The second-order valence-corrected chi connectivity index (χ2v) is 10.4. The number of nitrogens with one attached hydrogen (secondary N) is 6. The van der Waals surface area contributed by atoms with Gasteiger partial charge in [-0.2, -0.15) is 0 Å². The van der Waals surface area contributed by atoms with Crippen LogP contribution < -0.4 is 43.8 Å². The molecule has 0 aliphatic heterocycles. The second-order valence-electron chi connectivity index (χ2n) is 10.4. The lowest BCUT2D eigenvalue weighted by molar-refractivity contribution is -0.143. The molecule has 17 nitrogen and oxygen atoms in total. The molecule has 14 N–H and O–H groups in total. The smallest absolute Gasteiger partial charge is 0.326 e. The van der Waals surface area contributed by atoms with Crippen LogP contribution in [0.2, 0.25) is 0 Å². The van der Waals surface area contributed by atoms with Gasteiger partial charge in [-0.3, -0.25) is 29.4 Å². The highest BCUT2D eigenvalue weighted by Gasteiger charge is 2.32. The molecule has 0 fully saturated rings. The van der Waals surface area contributed by atoms with Gasteiger partial charge < -0.3 is 54.0 Å². The summed E-state index contributed by atoms with van der Waals surface area (Å²) in [6, 6.07) is 2.10. The lowest BCUT2D eigenvalue weighted by atomic mass is 10.0. The number of unbranched alkanes of at least 4 members (excludes halogenated alkanes) is 1. The first-order valence-electron chi connectivity index (χ1n) is 14.5. The fourth-order valence-corrected chi connectivity index (χ4v) is 4.10. The Morgan fingerprint density at radius 3 is 1.98 bits per heavy atom. The molecular weight excluding hydrogens is 590 g/mol. The van der Waals surface area contributed by atoms with Gasteiger partial charge in [0, 0.05) is 13.0 Å². The molecule has 0 aromatic heterocycles. The molecule has 0 saturated heterocycles. The number of aliphatic carboxylic acids is 2. The zero-order chi connectivity index (χ0) is 33.9. The van der Waals surface area contributed by atoms with Crippen molar-refractivity contribution in [1.29, 1.82) is 5.41 Å². The van der Waals surface area contributed by atoms with Gasteiger partial charge in [-0.1, -0.05) is 30.3 Å². The van der Waals surface area contributed by atoms with E-state index in [0.29, 0.717) is 37.9 Å². The molecule has 0 spiro atoms. The van der Waals surface area contributed by atoms with Crippen molar-refractivity contribution in [1.82, 2.24) is 26.6 Å². The van der Waals surface area contributed by atoms with Gasteiger partial charge in [0.25, 0.3) is 0 Å². The third kappa shape index (κ3) is 15.5. The number of rotatable bonds is 21. The highest BCUT2D eigenvalue weighted by atomic mass is 16.4. The molecule has 250 valence electrons. The largest absolute Gasteiger partial charge is 0.481 e. The molecule has 17 heteroatoms. The average molecular weight is 636 g/mol. The summed E-state index contributed by atoms with van der Waals surface area (Å²) in [5.74, 6) is -6.31. The van der Waals surface area contributed by atoms with Crippen LogP contribution in [-0.4, -0.2) is 95.0 Å². The van der Waals surface area contributed by atoms with E-state index in [9.17, 15) is 39.0 Å². The summed E-state index contributed by atoms with van der Waals surface area (Å²) in [6.07, 6.45) is 0.797. The van der Waals surface area contributed by atoms with Crippen molar-refractivity contribution in [3.8, 4) is 0 Å². The third-order valence-electron chi connectivity index (χ3n) is 6.59. The van der Waals surface area contributed by atoms with Crippen LogP contribution in [0.1, 0.15) is 51.0 Å². The van der Waals surface area contributed by atoms with E-state index < -0.39 is 72.2 Å². The predicted octanol–water partition coefficient (Wildman–Crippen LogP) is -2.53. The molecule has 0 unspecified atom stereocenters. The predicted molar refractivity (Wildman–Crippen MR) is 163 cm³/mol. The molecule has 4 amide bonds. The van der Waals surface area contributed by atoms with E-state index >= 15 is 0 Å². The number of carboxylic acid groups (broad SMARTS) is 2. The molecule has 0 aliphatic carbocycles. The molecule has 45 heavy (non-hydrogen) atoms. The Morgan fingerprint density at radius 1 is 0.800 bits per heavy atom. The van der Waals surface area contributed by atoms with Crippen molar-refractivity contribution < 1.29 is 39.0 Å². The van der Waals surface area contributed by atoms with Gasteiger partial charge in [0.1, 0.15) is 24.2 Å². The average Bonchev–Trinajstić information content (AvgIpc) is 2.97. The molecule has 1 rings (SSSR count). The van der Waals surface area contributed by atoms with Gasteiger partial charge in [-0.15, -0.1) is 0 Å². The van der Waals surface area contributed by atoms with Crippen LogP contribution in [0.4, 0.5) is 0 Å². The lowest BCUT2D eigenvalue weighted by Crippen LogP contribution is -2.58. The summed E-state index contributed by atoms with van der Waals surface area (Å²) in [5, 5.41) is 38.2. The van der Waals surface area contributed by atoms with Gasteiger partial charge >= 0.3 is 11.9 Å². The number of hydrogen-bond donors (Lipinski definition) is 11. The Kier molecular flexibility index (Phi) is 17.2. The minimum absolute atomic E-state index is 0.0619. The Hall–Kier alpha value is -4.77. The van der Waals surface area contributed by atoms with Crippen LogP contribution in [0.15, 0.2) is 30.3 Å². The molecule has 1 aromatic carbocycles. The summed E-state index contributed by atoms with van der Waals surface area (Å²) < 4.78 is 0. The van der Waals surface area contributed by atoms with Crippen molar-refractivity contribution in [3.05, 3.63) is 35.9 Å². The van der Waals surface area contributed by atoms with Crippen molar-refractivity contribution in [2.24, 2.45) is 17.2 Å². The van der Waals surface area contributed by atoms with E-state index in [1.165, 1.54) is 6.92 Å². The van der Waals surface area contributed by atoms with Crippen molar-refractivity contribution in [3.63, 3.8) is 0 Å². The standard InChI is InChI=1S/C28H45N9O8/c1-16(34-24(41)18(30)10-7-13-33-28(31)32)23(40)36-21(15-22(38)39)26(43)37-20(14-17-8-3-2-4-9-17)25(42)35-19(27(44)45)11-5-6-12-29/h2-4,8-9,16,18-21H,5-7,10-15,29-30H2,1H3,(H,34,41)(H,35,42)(H,36,40)(H,37,43)(H,38,39)(H,44,45)(H4,31,32,33)/t16-,18-,19-,20+,21-/m0/s1. The maximum atomic E-state index is 13.3. The zero-order valence-electron chi connectivity index (χ0n) is 25.2. The Balaban J connectivity index is 3.00. The minimum atomic E-state index is -1.65. The number of guanidine groups is 1. The van der Waals surface area contributed by atoms with Crippen molar-refractivity contribution in [2.75, 3.05) is 13.1 Å². The van der Waals surface area contributed by atoms with Crippen LogP contribution in [0.3, 0.4) is 0 Å². The third-order valence-corrected chi connectivity index (χ3v) is 6.59. The lowest BCUT2D eigenvalue weighted by Gasteiger charge is -2.25. The monoisotopic (exact) mass is 635 g/mol. The number of amides is 4. The Morgan fingerprint density at radius 2 is 1.40 bits per heavy atom.